The molecule has 4 aromatic carbocycles. The highest BCUT2D eigenvalue weighted by Crippen LogP contribution is 2.28. The van der Waals surface area contributed by atoms with Crippen LogP contribution in [0.4, 0.5) is 5.69 Å². The molecular formula is C27H25NO4. The van der Waals surface area contributed by atoms with Crippen molar-refractivity contribution in [2.45, 2.75) is 13.5 Å². The van der Waals surface area contributed by atoms with Crippen LogP contribution in [-0.2, 0) is 6.61 Å². The summed E-state index contributed by atoms with van der Waals surface area (Å²) in [5, 5.41) is 5.07. The Morgan fingerprint density at radius 2 is 1.62 bits per heavy atom. The lowest BCUT2D eigenvalue weighted by atomic mass is 10.1. The van der Waals surface area contributed by atoms with Crippen molar-refractivity contribution in [2.75, 3.05) is 19.0 Å². The number of hydrogen-bond acceptors (Lipinski definition) is 4. The van der Waals surface area contributed by atoms with Gasteiger partial charge in [0.15, 0.2) is 0 Å². The molecule has 1 N–H and O–H groups in total. The molecule has 0 bridgehead atoms. The minimum Gasteiger partial charge on any atom is -0.496 e. The fraction of sp³-hybridized carbons (Fsp3) is 0.148. The molecule has 5 nitrogen and oxygen atoms in total. The number of hydrogen-bond donors (Lipinski definition) is 1. The van der Waals surface area contributed by atoms with Gasteiger partial charge in [-0.3, -0.25) is 4.79 Å². The second-order valence-corrected chi connectivity index (χ2v) is 7.20. The maximum Gasteiger partial charge on any atom is 0.255 e. The van der Waals surface area contributed by atoms with Crippen LogP contribution in [0, 0.1) is 0 Å². The smallest absolute Gasteiger partial charge is 0.255 e. The molecule has 162 valence electrons. The number of methoxy groups -OCH3 is 1. The summed E-state index contributed by atoms with van der Waals surface area (Å²) in [4.78, 5) is 12.8. The van der Waals surface area contributed by atoms with Crippen molar-refractivity contribution in [1.82, 2.24) is 0 Å². The van der Waals surface area contributed by atoms with E-state index in [0.717, 1.165) is 27.8 Å². The number of amides is 1. The zero-order valence-corrected chi connectivity index (χ0v) is 18.1. The Bertz CT molecular complexity index is 1210. The SMILES string of the molecule is CCOc1ccc(NC(=O)c2ccc(OC)c(COc3cccc4ccccc34)c2)cc1. The fourth-order valence-electron chi connectivity index (χ4n) is 3.51. The summed E-state index contributed by atoms with van der Waals surface area (Å²) in [5.41, 5.74) is 2.01. The van der Waals surface area contributed by atoms with Gasteiger partial charge < -0.3 is 19.5 Å². The van der Waals surface area contributed by atoms with Gasteiger partial charge in [0.25, 0.3) is 5.91 Å². The number of nitrogens with one attached hydrogen (secondary N) is 1. The van der Waals surface area contributed by atoms with Gasteiger partial charge in [0.1, 0.15) is 23.9 Å². The summed E-state index contributed by atoms with van der Waals surface area (Å²) in [7, 11) is 1.61. The number of carbonyl (C=O) groups excluding carboxylic acids is 1. The van der Waals surface area contributed by atoms with Crippen LogP contribution in [0.5, 0.6) is 17.2 Å². The van der Waals surface area contributed by atoms with Gasteiger partial charge >= 0.3 is 0 Å². The molecule has 0 aliphatic heterocycles. The molecular weight excluding hydrogens is 402 g/mol. The third-order valence-electron chi connectivity index (χ3n) is 5.10. The average molecular weight is 428 g/mol. The quantitative estimate of drug-likeness (QED) is 0.370. The van der Waals surface area contributed by atoms with E-state index in [9.17, 15) is 4.79 Å². The van der Waals surface area contributed by atoms with Crippen LogP contribution in [0.15, 0.2) is 84.9 Å². The summed E-state index contributed by atoms with van der Waals surface area (Å²) in [6.45, 7) is 2.81. The molecule has 0 saturated carbocycles. The minimum absolute atomic E-state index is 0.205. The van der Waals surface area contributed by atoms with Crippen LogP contribution < -0.4 is 19.5 Å². The van der Waals surface area contributed by atoms with E-state index in [1.165, 1.54) is 0 Å². The van der Waals surface area contributed by atoms with Gasteiger partial charge in [0.05, 0.1) is 13.7 Å². The van der Waals surface area contributed by atoms with Crippen LogP contribution in [-0.4, -0.2) is 19.6 Å². The monoisotopic (exact) mass is 427 g/mol. The molecule has 4 rings (SSSR count). The summed E-state index contributed by atoms with van der Waals surface area (Å²) in [5.74, 6) is 2.02. The molecule has 5 heteroatoms. The van der Waals surface area contributed by atoms with Gasteiger partial charge in [0.2, 0.25) is 0 Å². The molecule has 0 fully saturated rings. The molecule has 32 heavy (non-hydrogen) atoms. The zero-order valence-electron chi connectivity index (χ0n) is 18.1. The molecule has 0 heterocycles. The lowest BCUT2D eigenvalue weighted by Crippen LogP contribution is -2.13. The van der Waals surface area contributed by atoms with E-state index in [-0.39, 0.29) is 12.5 Å². The maximum absolute atomic E-state index is 12.8. The summed E-state index contributed by atoms with van der Waals surface area (Å²) < 4.78 is 17.0. The molecule has 1 amide bonds. The minimum atomic E-state index is -0.205. The third kappa shape index (κ3) is 4.83. The van der Waals surface area contributed by atoms with Crippen LogP contribution in [0.3, 0.4) is 0 Å². The van der Waals surface area contributed by atoms with E-state index in [0.29, 0.717) is 23.6 Å². The van der Waals surface area contributed by atoms with Crippen LogP contribution in [0.25, 0.3) is 10.8 Å². The van der Waals surface area contributed by atoms with E-state index >= 15 is 0 Å². The highest BCUT2D eigenvalue weighted by molar-refractivity contribution is 6.04. The number of fused-ring (bicyclic) bond motifs is 1. The Balaban J connectivity index is 1.51. The van der Waals surface area contributed by atoms with E-state index in [1.807, 2.05) is 61.5 Å². The number of ether oxygens (including phenoxy) is 3. The van der Waals surface area contributed by atoms with Crippen molar-refractivity contribution in [1.29, 1.82) is 0 Å². The Labute approximate surface area is 187 Å². The first-order valence-corrected chi connectivity index (χ1v) is 10.5. The Kier molecular flexibility index (Phi) is 6.56. The fourth-order valence-corrected chi connectivity index (χ4v) is 3.51. The van der Waals surface area contributed by atoms with Crippen molar-refractivity contribution in [3.8, 4) is 17.2 Å². The Morgan fingerprint density at radius 1 is 0.844 bits per heavy atom. The predicted molar refractivity (Wildman–Crippen MR) is 127 cm³/mol. The molecule has 0 spiro atoms. The third-order valence-corrected chi connectivity index (χ3v) is 5.10. The van der Waals surface area contributed by atoms with Crippen molar-refractivity contribution in [3.05, 3.63) is 96.1 Å². The van der Waals surface area contributed by atoms with Crippen LogP contribution in [0.2, 0.25) is 0 Å². The van der Waals surface area contributed by atoms with E-state index in [2.05, 4.69) is 17.4 Å². The van der Waals surface area contributed by atoms with Crippen molar-refractivity contribution >= 4 is 22.4 Å². The molecule has 0 aromatic heterocycles. The molecule has 0 aliphatic rings. The Morgan fingerprint density at radius 3 is 2.41 bits per heavy atom. The number of anilines is 1. The molecule has 4 aromatic rings. The van der Waals surface area contributed by atoms with Gasteiger partial charge in [-0.05, 0) is 60.8 Å². The summed E-state index contributed by atoms with van der Waals surface area (Å²) >= 11 is 0. The topological polar surface area (TPSA) is 56.8 Å². The second-order valence-electron chi connectivity index (χ2n) is 7.20. The first kappa shape index (κ1) is 21.2. The first-order chi connectivity index (χ1) is 15.7. The zero-order chi connectivity index (χ0) is 22.3. The largest absolute Gasteiger partial charge is 0.496 e. The predicted octanol–water partition coefficient (Wildman–Crippen LogP) is 6.08. The normalized spacial score (nSPS) is 10.6. The van der Waals surface area contributed by atoms with Gasteiger partial charge in [-0.2, -0.15) is 0 Å². The lowest BCUT2D eigenvalue weighted by molar-refractivity contribution is 0.102. The van der Waals surface area contributed by atoms with Crippen molar-refractivity contribution in [3.63, 3.8) is 0 Å². The summed E-state index contributed by atoms with van der Waals surface area (Å²) in [6, 6.07) is 26.6. The number of benzene rings is 4. The highest BCUT2D eigenvalue weighted by atomic mass is 16.5. The van der Waals surface area contributed by atoms with Crippen LogP contribution >= 0.6 is 0 Å². The van der Waals surface area contributed by atoms with Gasteiger partial charge in [0, 0.05) is 22.2 Å². The molecule has 0 saturated heterocycles. The standard InChI is InChI=1S/C27H25NO4/c1-3-31-23-14-12-22(13-15-23)28-27(29)20-11-16-25(30-2)21(17-20)18-32-26-10-6-8-19-7-4-5-9-24(19)26/h4-17H,3,18H2,1-2H3,(H,28,29). The van der Waals surface area contributed by atoms with Gasteiger partial charge in [-0.15, -0.1) is 0 Å². The van der Waals surface area contributed by atoms with Gasteiger partial charge in [-0.25, -0.2) is 0 Å². The summed E-state index contributed by atoms with van der Waals surface area (Å²) in [6.07, 6.45) is 0. The number of rotatable bonds is 8. The highest BCUT2D eigenvalue weighted by Gasteiger charge is 2.12. The van der Waals surface area contributed by atoms with Crippen molar-refractivity contribution in [2.24, 2.45) is 0 Å². The van der Waals surface area contributed by atoms with E-state index < -0.39 is 0 Å². The second kappa shape index (κ2) is 9.88. The first-order valence-electron chi connectivity index (χ1n) is 10.5. The average Bonchev–Trinajstić information content (AvgIpc) is 2.84. The molecule has 0 unspecified atom stereocenters. The van der Waals surface area contributed by atoms with Gasteiger partial charge in [-0.1, -0.05) is 36.4 Å². The van der Waals surface area contributed by atoms with Crippen molar-refractivity contribution < 1.29 is 19.0 Å². The Hall–Kier alpha value is -3.99. The molecule has 0 aliphatic carbocycles. The maximum atomic E-state index is 12.8. The van der Waals surface area contributed by atoms with E-state index in [4.69, 9.17) is 14.2 Å². The molecule has 0 atom stereocenters. The van der Waals surface area contributed by atoms with Crippen LogP contribution in [0.1, 0.15) is 22.8 Å². The number of carbonyl (C=O) groups is 1. The van der Waals surface area contributed by atoms with E-state index in [1.54, 1.807) is 25.3 Å². The molecule has 0 radical (unpaired) electrons. The lowest BCUT2D eigenvalue weighted by Gasteiger charge is -2.14.